The average Bonchev–Trinajstić information content (AvgIpc) is 2.25. The highest BCUT2D eigenvalue weighted by Crippen LogP contribution is 2.45. The summed E-state index contributed by atoms with van der Waals surface area (Å²) >= 11 is 0. The van der Waals surface area contributed by atoms with Crippen molar-refractivity contribution < 1.29 is 24.3 Å². The minimum Gasteiger partial charge on any atom is -0.480 e. The van der Waals surface area contributed by atoms with Crippen molar-refractivity contribution in [1.29, 1.82) is 0 Å². The molecule has 0 bridgehead atoms. The van der Waals surface area contributed by atoms with Crippen LogP contribution < -0.4 is 5.32 Å². The van der Waals surface area contributed by atoms with Crippen molar-refractivity contribution in [3.63, 3.8) is 0 Å². The standard InChI is InChI=1S/C11H20NO5P/c13-11(14)10-4-9-3-7(6-18(15,16)17)1-2-8(9)5-12-10/h7-10,12H,1-6H2,(H,13,14)(H2,15,16,17)/t7-,8-,9+,10+/m1/s1. The van der Waals surface area contributed by atoms with Crippen LogP contribution in [0.15, 0.2) is 0 Å². The van der Waals surface area contributed by atoms with Gasteiger partial charge in [-0.2, -0.15) is 0 Å². The predicted molar refractivity (Wildman–Crippen MR) is 65.3 cm³/mol. The number of fused-ring (bicyclic) bond motifs is 1. The van der Waals surface area contributed by atoms with Crippen molar-refractivity contribution in [1.82, 2.24) is 5.32 Å². The molecule has 1 saturated heterocycles. The fraction of sp³-hybridized carbons (Fsp3) is 0.909. The van der Waals surface area contributed by atoms with Crippen molar-refractivity contribution in [3.8, 4) is 0 Å². The molecule has 1 aliphatic carbocycles. The lowest BCUT2D eigenvalue weighted by atomic mass is 9.70. The number of aliphatic carboxylic acids is 1. The second-order valence-corrected chi connectivity index (χ2v) is 7.28. The molecular weight excluding hydrogens is 257 g/mol. The highest BCUT2D eigenvalue weighted by Gasteiger charge is 2.38. The van der Waals surface area contributed by atoms with Crippen LogP contribution in [0.3, 0.4) is 0 Å². The summed E-state index contributed by atoms with van der Waals surface area (Å²) in [6.45, 7) is 0.713. The molecule has 6 nitrogen and oxygen atoms in total. The van der Waals surface area contributed by atoms with Gasteiger partial charge in [0.25, 0.3) is 0 Å². The Morgan fingerprint density at radius 3 is 2.56 bits per heavy atom. The van der Waals surface area contributed by atoms with E-state index in [2.05, 4.69) is 5.32 Å². The minimum atomic E-state index is -3.95. The third kappa shape index (κ3) is 3.54. The van der Waals surface area contributed by atoms with E-state index in [1.54, 1.807) is 0 Å². The van der Waals surface area contributed by atoms with Gasteiger partial charge in [0, 0.05) is 0 Å². The number of carbonyl (C=O) groups is 1. The molecule has 0 aromatic heterocycles. The smallest absolute Gasteiger partial charge is 0.325 e. The van der Waals surface area contributed by atoms with Gasteiger partial charge >= 0.3 is 13.6 Å². The van der Waals surface area contributed by atoms with E-state index < -0.39 is 19.6 Å². The summed E-state index contributed by atoms with van der Waals surface area (Å²) in [6.07, 6.45) is 3.06. The zero-order valence-corrected chi connectivity index (χ0v) is 11.1. The fourth-order valence-corrected chi connectivity index (χ4v) is 4.36. The monoisotopic (exact) mass is 277 g/mol. The second kappa shape index (κ2) is 5.29. The zero-order chi connectivity index (χ0) is 13.3. The van der Waals surface area contributed by atoms with Gasteiger partial charge in [-0.15, -0.1) is 0 Å². The summed E-state index contributed by atoms with van der Waals surface area (Å²) in [5, 5.41) is 12.0. The predicted octanol–water partition coefficient (Wildman–Crippen LogP) is 0.643. The number of piperidine rings is 1. The van der Waals surface area contributed by atoms with Gasteiger partial charge in [-0.1, -0.05) is 0 Å². The molecule has 1 aliphatic heterocycles. The van der Waals surface area contributed by atoms with Gasteiger partial charge in [-0.3, -0.25) is 9.36 Å². The van der Waals surface area contributed by atoms with Crippen LogP contribution in [0.25, 0.3) is 0 Å². The molecule has 2 fully saturated rings. The maximum Gasteiger partial charge on any atom is 0.325 e. The van der Waals surface area contributed by atoms with E-state index in [1.165, 1.54) is 0 Å². The molecule has 0 aromatic carbocycles. The molecule has 4 atom stereocenters. The van der Waals surface area contributed by atoms with Gasteiger partial charge in [-0.25, -0.2) is 0 Å². The lowest BCUT2D eigenvalue weighted by molar-refractivity contribution is -0.141. The molecule has 18 heavy (non-hydrogen) atoms. The molecule has 0 unspecified atom stereocenters. The van der Waals surface area contributed by atoms with Crippen LogP contribution in [-0.2, 0) is 9.36 Å². The van der Waals surface area contributed by atoms with E-state index >= 15 is 0 Å². The van der Waals surface area contributed by atoms with E-state index in [-0.39, 0.29) is 18.0 Å². The molecule has 0 aromatic rings. The van der Waals surface area contributed by atoms with Crippen LogP contribution in [0, 0.1) is 17.8 Å². The Morgan fingerprint density at radius 2 is 1.94 bits per heavy atom. The number of rotatable bonds is 3. The van der Waals surface area contributed by atoms with Crippen LogP contribution in [-0.4, -0.2) is 39.6 Å². The molecule has 2 rings (SSSR count). The SMILES string of the molecule is O=C(O)[C@@H]1C[C@@H]2C[C@H](CP(=O)(O)O)CC[C@@H]2CN1. The van der Waals surface area contributed by atoms with E-state index in [9.17, 15) is 9.36 Å². The molecule has 0 radical (unpaired) electrons. The Hall–Kier alpha value is -0.420. The molecule has 1 heterocycles. The van der Waals surface area contributed by atoms with Gasteiger partial charge < -0.3 is 20.2 Å². The van der Waals surface area contributed by atoms with Gasteiger partial charge in [-0.05, 0) is 50.0 Å². The lowest BCUT2D eigenvalue weighted by Crippen LogP contribution is -2.49. The summed E-state index contributed by atoms with van der Waals surface area (Å²) in [7, 11) is -3.95. The van der Waals surface area contributed by atoms with Gasteiger partial charge in [0.15, 0.2) is 0 Å². The molecule has 0 spiro atoms. The Kier molecular flexibility index (Phi) is 4.11. The van der Waals surface area contributed by atoms with Crippen LogP contribution in [0.5, 0.6) is 0 Å². The lowest BCUT2D eigenvalue weighted by Gasteiger charge is -2.41. The van der Waals surface area contributed by atoms with Crippen LogP contribution in [0.4, 0.5) is 0 Å². The van der Waals surface area contributed by atoms with Gasteiger partial charge in [0.1, 0.15) is 6.04 Å². The Labute approximate surface area is 106 Å². The number of hydrogen-bond donors (Lipinski definition) is 4. The van der Waals surface area contributed by atoms with Crippen LogP contribution in [0.2, 0.25) is 0 Å². The number of carboxylic acid groups (broad SMARTS) is 1. The molecule has 104 valence electrons. The third-order valence-corrected chi connectivity index (χ3v) is 5.20. The Balaban J connectivity index is 1.93. The number of hydrogen-bond acceptors (Lipinski definition) is 3. The van der Waals surface area contributed by atoms with Crippen molar-refractivity contribution in [2.24, 2.45) is 17.8 Å². The second-order valence-electron chi connectivity index (χ2n) is 5.58. The first-order chi connectivity index (χ1) is 8.35. The highest BCUT2D eigenvalue weighted by molar-refractivity contribution is 7.51. The van der Waals surface area contributed by atoms with E-state index in [1.807, 2.05) is 0 Å². The molecule has 4 N–H and O–H groups in total. The number of nitrogens with one attached hydrogen (secondary N) is 1. The largest absolute Gasteiger partial charge is 0.480 e. The van der Waals surface area contributed by atoms with E-state index in [4.69, 9.17) is 14.9 Å². The molecule has 7 heteroatoms. The zero-order valence-electron chi connectivity index (χ0n) is 10.2. The van der Waals surface area contributed by atoms with E-state index in [0.717, 1.165) is 19.3 Å². The molecule has 1 saturated carbocycles. The van der Waals surface area contributed by atoms with Crippen molar-refractivity contribution >= 4 is 13.6 Å². The average molecular weight is 277 g/mol. The fourth-order valence-electron chi connectivity index (χ4n) is 3.35. The molecule has 2 aliphatic rings. The maximum atomic E-state index is 11.0. The summed E-state index contributed by atoms with van der Waals surface area (Å²) in [6, 6.07) is -0.500. The first-order valence-electron chi connectivity index (χ1n) is 6.36. The normalized spacial score (nSPS) is 37.0. The van der Waals surface area contributed by atoms with Crippen molar-refractivity contribution in [2.75, 3.05) is 12.7 Å². The summed E-state index contributed by atoms with van der Waals surface area (Å²) in [5.41, 5.74) is 0. The summed E-state index contributed by atoms with van der Waals surface area (Å²) < 4.78 is 11.0. The number of carboxylic acids is 1. The highest BCUT2D eigenvalue weighted by atomic mass is 31.2. The minimum absolute atomic E-state index is 0.0413. The van der Waals surface area contributed by atoms with Crippen LogP contribution >= 0.6 is 7.60 Å². The topological polar surface area (TPSA) is 107 Å². The Morgan fingerprint density at radius 1 is 1.22 bits per heavy atom. The third-order valence-electron chi connectivity index (χ3n) is 4.21. The quantitative estimate of drug-likeness (QED) is 0.564. The summed E-state index contributed by atoms with van der Waals surface area (Å²) in [4.78, 5) is 29.0. The Bertz CT molecular complexity index is 368. The van der Waals surface area contributed by atoms with Gasteiger partial charge in [0.2, 0.25) is 0 Å². The van der Waals surface area contributed by atoms with Gasteiger partial charge in [0.05, 0.1) is 6.16 Å². The van der Waals surface area contributed by atoms with Crippen molar-refractivity contribution in [2.45, 2.75) is 31.7 Å². The molecule has 0 amide bonds. The maximum absolute atomic E-state index is 11.0. The van der Waals surface area contributed by atoms with Crippen molar-refractivity contribution in [3.05, 3.63) is 0 Å². The van der Waals surface area contributed by atoms with Crippen LogP contribution in [0.1, 0.15) is 25.7 Å². The summed E-state index contributed by atoms with van der Waals surface area (Å²) in [5.74, 6) is -0.0311. The van der Waals surface area contributed by atoms with E-state index in [0.29, 0.717) is 18.9 Å². The first-order valence-corrected chi connectivity index (χ1v) is 8.15. The first kappa shape index (κ1) is 14.0. The molecular formula is C11H20NO5P.